The largest absolute Gasteiger partial charge is 0.481 e. The predicted molar refractivity (Wildman–Crippen MR) is 86.1 cm³/mol. The molecule has 112 valence electrons. The number of aliphatic carboxylic acids is 1. The molecule has 0 atom stereocenters. The highest BCUT2D eigenvalue weighted by atomic mass is 16.4. The third kappa shape index (κ3) is 2.60. The van der Waals surface area contributed by atoms with E-state index in [4.69, 9.17) is 0 Å². The Morgan fingerprint density at radius 3 is 2.55 bits per heavy atom. The number of aromatic nitrogens is 2. The van der Waals surface area contributed by atoms with Crippen LogP contribution in [0.15, 0.2) is 42.6 Å². The highest BCUT2D eigenvalue weighted by Gasteiger charge is 2.16. The van der Waals surface area contributed by atoms with Crippen LogP contribution in [0.5, 0.6) is 0 Å². The summed E-state index contributed by atoms with van der Waals surface area (Å²) in [5.41, 5.74) is 5.52. The van der Waals surface area contributed by atoms with Crippen LogP contribution in [0.2, 0.25) is 0 Å². The lowest BCUT2D eigenvalue weighted by Crippen LogP contribution is -2.05. The molecule has 1 N–H and O–H groups in total. The van der Waals surface area contributed by atoms with E-state index in [9.17, 15) is 9.90 Å². The van der Waals surface area contributed by atoms with Crippen molar-refractivity contribution < 1.29 is 9.90 Å². The van der Waals surface area contributed by atoms with Gasteiger partial charge in [-0.25, -0.2) is 4.98 Å². The summed E-state index contributed by atoms with van der Waals surface area (Å²) < 4.78 is 1.88. The Balaban J connectivity index is 2.20. The number of hydrogen-bond donors (Lipinski definition) is 1. The number of aryl methyl sites for hydroxylation is 2. The topological polar surface area (TPSA) is 54.6 Å². The molecule has 0 aliphatic heterocycles. The zero-order valence-corrected chi connectivity index (χ0v) is 12.7. The molecule has 0 saturated heterocycles. The number of carboxylic acid groups (broad SMARTS) is 1. The van der Waals surface area contributed by atoms with Gasteiger partial charge >= 0.3 is 5.97 Å². The number of imidazole rings is 1. The van der Waals surface area contributed by atoms with Gasteiger partial charge in [0.25, 0.3) is 0 Å². The van der Waals surface area contributed by atoms with Crippen molar-refractivity contribution >= 4 is 11.6 Å². The summed E-state index contributed by atoms with van der Waals surface area (Å²) in [5, 5.41) is 9.23. The average molecular weight is 294 g/mol. The van der Waals surface area contributed by atoms with E-state index in [0.29, 0.717) is 0 Å². The molecule has 0 amide bonds. The van der Waals surface area contributed by atoms with Crippen LogP contribution in [0, 0.1) is 6.92 Å². The lowest BCUT2D eigenvalue weighted by Gasteiger charge is -2.04. The van der Waals surface area contributed by atoms with Gasteiger partial charge in [0.05, 0.1) is 17.8 Å². The normalized spacial score (nSPS) is 11.0. The highest BCUT2D eigenvalue weighted by molar-refractivity contribution is 5.76. The van der Waals surface area contributed by atoms with Crippen molar-refractivity contribution in [3.63, 3.8) is 0 Å². The molecule has 0 aliphatic rings. The number of hydrogen-bond acceptors (Lipinski definition) is 2. The number of carbonyl (C=O) groups is 1. The Labute approximate surface area is 129 Å². The fraction of sp³-hybridized carbons (Fsp3) is 0.222. The molecule has 3 aromatic rings. The number of pyridine rings is 1. The Morgan fingerprint density at radius 1 is 1.18 bits per heavy atom. The second-order valence-corrected chi connectivity index (χ2v) is 5.46. The SMILES string of the molecule is CCc1ccc(-c2nc3ccc(C)cn3c2CC(=O)O)cc1. The van der Waals surface area contributed by atoms with Crippen molar-refractivity contribution in [2.24, 2.45) is 0 Å². The minimum absolute atomic E-state index is 0.0461. The second-order valence-electron chi connectivity index (χ2n) is 5.46. The van der Waals surface area contributed by atoms with Gasteiger partial charge in [-0.2, -0.15) is 0 Å². The number of nitrogens with zero attached hydrogens (tertiary/aromatic N) is 2. The molecule has 0 unspecified atom stereocenters. The first-order valence-electron chi connectivity index (χ1n) is 7.37. The summed E-state index contributed by atoms with van der Waals surface area (Å²) >= 11 is 0. The quantitative estimate of drug-likeness (QED) is 0.801. The lowest BCUT2D eigenvalue weighted by molar-refractivity contribution is -0.136. The zero-order valence-electron chi connectivity index (χ0n) is 12.7. The third-order valence-corrected chi connectivity index (χ3v) is 3.82. The van der Waals surface area contributed by atoms with Gasteiger partial charge in [-0.05, 0) is 30.5 Å². The van der Waals surface area contributed by atoms with E-state index in [0.717, 1.165) is 34.6 Å². The van der Waals surface area contributed by atoms with Crippen LogP contribution in [0.3, 0.4) is 0 Å². The Morgan fingerprint density at radius 2 is 1.91 bits per heavy atom. The molecule has 0 spiro atoms. The molecule has 0 bridgehead atoms. The maximum absolute atomic E-state index is 11.2. The van der Waals surface area contributed by atoms with Gasteiger partial charge in [-0.1, -0.05) is 37.3 Å². The van der Waals surface area contributed by atoms with Crippen molar-refractivity contribution in [1.29, 1.82) is 0 Å². The number of benzene rings is 1. The van der Waals surface area contributed by atoms with Crippen LogP contribution in [0.25, 0.3) is 16.9 Å². The maximum Gasteiger partial charge on any atom is 0.309 e. The predicted octanol–water partition coefficient (Wildman–Crippen LogP) is 3.50. The minimum atomic E-state index is -0.852. The molecule has 0 aliphatic carbocycles. The van der Waals surface area contributed by atoms with Crippen molar-refractivity contribution in [2.75, 3.05) is 0 Å². The summed E-state index contributed by atoms with van der Waals surface area (Å²) in [6, 6.07) is 12.1. The molecule has 4 heteroatoms. The van der Waals surface area contributed by atoms with Crippen molar-refractivity contribution in [2.45, 2.75) is 26.7 Å². The van der Waals surface area contributed by atoms with Gasteiger partial charge in [0.2, 0.25) is 0 Å². The van der Waals surface area contributed by atoms with E-state index in [2.05, 4.69) is 24.0 Å². The zero-order chi connectivity index (χ0) is 15.7. The van der Waals surface area contributed by atoms with Gasteiger partial charge < -0.3 is 9.51 Å². The Kier molecular flexibility index (Phi) is 3.67. The molecule has 2 heterocycles. The van der Waals surface area contributed by atoms with E-state index in [1.54, 1.807) is 0 Å². The van der Waals surface area contributed by atoms with E-state index in [-0.39, 0.29) is 6.42 Å². The van der Waals surface area contributed by atoms with Gasteiger partial charge in [0, 0.05) is 11.8 Å². The number of fused-ring (bicyclic) bond motifs is 1. The molecule has 4 nitrogen and oxygen atoms in total. The van der Waals surface area contributed by atoms with Gasteiger partial charge in [0.1, 0.15) is 5.65 Å². The standard InChI is InChI=1S/C18H18N2O2/c1-3-13-5-7-14(8-6-13)18-15(10-17(21)22)20-11-12(2)4-9-16(20)19-18/h4-9,11H,3,10H2,1-2H3,(H,21,22). The first kappa shape index (κ1) is 14.3. The van der Waals surface area contributed by atoms with Crippen LogP contribution in [-0.2, 0) is 17.6 Å². The monoisotopic (exact) mass is 294 g/mol. The average Bonchev–Trinajstić information content (AvgIpc) is 2.85. The molecule has 0 saturated carbocycles. The molecular formula is C18H18N2O2. The van der Waals surface area contributed by atoms with Crippen molar-refractivity contribution in [1.82, 2.24) is 9.38 Å². The summed E-state index contributed by atoms with van der Waals surface area (Å²) in [5.74, 6) is -0.852. The van der Waals surface area contributed by atoms with Gasteiger partial charge in [-0.15, -0.1) is 0 Å². The highest BCUT2D eigenvalue weighted by Crippen LogP contribution is 2.26. The third-order valence-electron chi connectivity index (χ3n) is 3.82. The van der Waals surface area contributed by atoms with E-state index >= 15 is 0 Å². The summed E-state index contributed by atoms with van der Waals surface area (Å²) in [6.07, 6.45) is 2.87. The summed E-state index contributed by atoms with van der Waals surface area (Å²) in [7, 11) is 0. The van der Waals surface area contributed by atoms with Crippen LogP contribution >= 0.6 is 0 Å². The van der Waals surface area contributed by atoms with E-state index in [1.807, 2.05) is 41.8 Å². The van der Waals surface area contributed by atoms with Crippen molar-refractivity contribution in [3.05, 3.63) is 59.4 Å². The van der Waals surface area contributed by atoms with Gasteiger partial charge in [-0.3, -0.25) is 4.79 Å². The summed E-state index contributed by atoms with van der Waals surface area (Å²) in [4.78, 5) is 15.9. The fourth-order valence-corrected chi connectivity index (χ4v) is 2.64. The lowest BCUT2D eigenvalue weighted by atomic mass is 10.1. The molecule has 1 aromatic carbocycles. The fourth-order valence-electron chi connectivity index (χ4n) is 2.64. The van der Waals surface area contributed by atoms with Crippen LogP contribution < -0.4 is 0 Å². The van der Waals surface area contributed by atoms with Crippen molar-refractivity contribution in [3.8, 4) is 11.3 Å². The molecule has 0 radical (unpaired) electrons. The van der Waals surface area contributed by atoms with Crippen LogP contribution in [-0.4, -0.2) is 20.5 Å². The Bertz CT molecular complexity index is 832. The first-order chi connectivity index (χ1) is 10.6. The number of rotatable bonds is 4. The second kappa shape index (κ2) is 5.64. The smallest absolute Gasteiger partial charge is 0.309 e. The number of carboxylic acids is 1. The molecule has 2 aromatic heterocycles. The minimum Gasteiger partial charge on any atom is -0.481 e. The van der Waals surface area contributed by atoms with Crippen LogP contribution in [0.4, 0.5) is 0 Å². The molecular weight excluding hydrogens is 276 g/mol. The molecule has 22 heavy (non-hydrogen) atoms. The summed E-state index contributed by atoms with van der Waals surface area (Å²) in [6.45, 7) is 4.10. The molecule has 0 fully saturated rings. The Hall–Kier alpha value is -2.62. The van der Waals surface area contributed by atoms with E-state index in [1.165, 1.54) is 5.56 Å². The van der Waals surface area contributed by atoms with Gasteiger partial charge in [0.15, 0.2) is 0 Å². The maximum atomic E-state index is 11.2. The van der Waals surface area contributed by atoms with E-state index < -0.39 is 5.97 Å². The van der Waals surface area contributed by atoms with Crippen LogP contribution in [0.1, 0.15) is 23.7 Å². The molecule has 3 rings (SSSR count). The first-order valence-corrected chi connectivity index (χ1v) is 7.37.